The van der Waals surface area contributed by atoms with Crippen LogP contribution in [0.4, 0.5) is 18.9 Å². The molecule has 1 aromatic heterocycles. The van der Waals surface area contributed by atoms with Gasteiger partial charge in [0.1, 0.15) is 23.0 Å². The van der Waals surface area contributed by atoms with Crippen molar-refractivity contribution in [3.8, 4) is 11.5 Å². The largest absolute Gasteiger partial charge is 0.457 e. The number of pyridine rings is 1. The average Bonchev–Trinajstić information content (AvgIpc) is 3.35. The summed E-state index contributed by atoms with van der Waals surface area (Å²) in [6.45, 7) is 3.34. The van der Waals surface area contributed by atoms with Gasteiger partial charge in [-0.1, -0.05) is 30.7 Å². The number of nitrogens with one attached hydrogen (secondary N) is 2. The van der Waals surface area contributed by atoms with Crippen LogP contribution in [0.25, 0.3) is 0 Å². The molecule has 0 aliphatic carbocycles. The Morgan fingerprint density at radius 2 is 1.97 bits per heavy atom. The molecule has 2 heterocycles. The number of amides is 1. The van der Waals surface area contributed by atoms with E-state index >= 15 is 0 Å². The Hall–Kier alpha value is -3.59. The summed E-state index contributed by atoms with van der Waals surface area (Å²) in [7, 11) is 0. The van der Waals surface area contributed by atoms with E-state index in [1.165, 1.54) is 6.07 Å². The summed E-state index contributed by atoms with van der Waals surface area (Å²) in [5.74, 6) is 1.28. The van der Waals surface area contributed by atoms with Crippen LogP contribution in [-0.4, -0.2) is 29.8 Å². The molecule has 0 fully saturated rings. The molecule has 1 unspecified atom stereocenters. The number of carbonyl (C=O) groups excluding carboxylic acids is 1. The van der Waals surface area contributed by atoms with Crippen LogP contribution in [0, 0.1) is 0 Å². The maximum atomic E-state index is 13.1. The third kappa shape index (κ3) is 6.30. The Kier molecular flexibility index (Phi) is 7.25. The molecule has 0 saturated heterocycles. The van der Waals surface area contributed by atoms with Crippen molar-refractivity contribution in [1.29, 1.82) is 0 Å². The number of aromatic nitrogens is 1. The van der Waals surface area contributed by atoms with Crippen molar-refractivity contribution >= 4 is 29.0 Å². The summed E-state index contributed by atoms with van der Waals surface area (Å²) in [6, 6.07) is 14.1. The fourth-order valence-electron chi connectivity index (χ4n) is 3.62. The number of hydrogen-bond acceptors (Lipinski definition) is 5. The number of rotatable bonds is 7. The highest BCUT2D eigenvalue weighted by molar-refractivity contribution is 6.31. The number of hydrogen-bond donors (Lipinski definition) is 2. The van der Waals surface area contributed by atoms with Crippen LogP contribution in [0.5, 0.6) is 11.5 Å². The number of amidine groups is 1. The number of carbonyl (C=O) groups is 1. The van der Waals surface area contributed by atoms with E-state index in [0.29, 0.717) is 23.7 Å². The van der Waals surface area contributed by atoms with E-state index in [9.17, 15) is 18.0 Å². The molecule has 0 spiro atoms. The zero-order valence-corrected chi connectivity index (χ0v) is 19.5. The zero-order chi connectivity index (χ0) is 25.0. The van der Waals surface area contributed by atoms with Crippen LogP contribution in [-0.2, 0) is 11.0 Å². The van der Waals surface area contributed by atoms with Gasteiger partial charge in [0.15, 0.2) is 0 Å². The van der Waals surface area contributed by atoms with Crippen LogP contribution >= 0.6 is 11.6 Å². The number of halogens is 4. The maximum absolute atomic E-state index is 13.1. The molecule has 1 aliphatic heterocycles. The molecular weight excluding hydrogens is 481 g/mol. The molecular formula is C25H22ClF3N4O2. The standard InChI is InChI=1S/C25H22ClF3N4O2/c1-15(11-23(34)33-17-5-6-21(26)20(13-17)25(27,28)29)16-3-2-4-18(12-16)35-19-7-8-30-22(14-19)24-31-9-10-32-24/h2-8,12-15H,9-11H2,1H3,(H,31,32)(H,33,34). The van der Waals surface area contributed by atoms with Crippen LogP contribution < -0.4 is 15.4 Å². The van der Waals surface area contributed by atoms with Crippen LogP contribution in [0.15, 0.2) is 65.8 Å². The fraction of sp³-hybridized carbons (Fsp3) is 0.240. The summed E-state index contributed by atoms with van der Waals surface area (Å²) in [6.07, 6.45) is -2.90. The van der Waals surface area contributed by atoms with Gasteiger partial charge in [-0.3, -0.25) is 14.8 Å². The van der Waals surface area contributed by atoms with Gasteiger partial charge in [0.25, 0.3) is 0 Å². The minimum Gasteiger partial charge on any atom is -0.457 e. The van der Waals surface area contributed by atoms with Crippen molar-refractivity contribution in [2.75, 3.05) is 18.4 Å². The molecule has 1 amide bonds. The Morgan fingerprint density at radius 1 is 1.17 bits per heavy atom. The molecule has 10 heteroatoms. The van der Waals surface area contributed by atoms with Crippen molar-refractivity contribution < 1.29 is 22.7 Å². The van der Waals surface area contributed by atoms with Crippen LogP contribution in [0.1, 0.15) is 36.1 Å². The van der Waals surface area contributed by atoms with Gasteiger partial charge in [0.05, 0.1) is 17.1 Å². The van der Waals surface area contributed by atoms with Gasteiger partial charge < -0.3 is 15.4 Å². The molecule has 0 saturated carbocycles. The lowest BCUT2D eigenvalue weighted by molar-refractivity contribution is -0.137. The summed E-state index contributed by atoms with van der Waals surface area (Å²) in [5, 5.41) is 5.26. The topological polar surface area (TPSA) is 75.6 Å². The Morgan fingerprint density at radius 3 is 2.71 bits per heavy atom. The molecule has 35 heavy (non-hydrogen) atoms. The molecule has 1 aliphatic rings. The van der Waals surface area contributed by atoms with E-state index in [2.05, 4.69) is 20.6 Å². The first-order valence-electron chi connectivity index (χ1n) is 10.9. The molecule has 2 N–H and O–H groups in total. The minimum atomic E-state index is -4.61. The van der Waals surface area contributed by atoms with Crippen molar-refractivity contribution in [1.82, 2.24) is 10.3 Å². The van der Waals surface area contributed by atoms with Gasteiger partial charge in [-0.2, -0.15) is 13.2 Å². The highest BCUT2D eigenvalue weighted by atomic mass is 35.5. The first kappa shape index (κ1) is 24.5. The van der Waals surface area contributed by atoms with Crippen molar-refractivity contribution in [3.63, 3.8) is 0 Å². The normalized spacial score (nSPS) is 14.1. The molecule has 6 nitrogen and oxygen atoms in total. The zero-order valence-electron chi connectivity index (χ0n) is 18.7. The van der Waals surface area contributed by atoms with Crippen molar-refractivity contribution in [3.05, 3.63) is 82.6 Å². The van der Waals surface area contributed by atoms with E-state index in [4.69, 9.17) is 16.3 Å². The predicted octanol–water partition coefficient (Wildman–Crippen LogP) is 6.03. The minimum absolute atomic E-state index is 0.0332. The Bertz CT molecular complexity index is 1260. The van der Waals surface area contributed by atoms with Crippen molar-refractivity contribution in [2.24, 2.45) is 4.99 Å². The third-order valence-electron chi connectivity index (χ3n) is 5.36. The molecule has 0 bridgehead atoms. The van der Waals surface area contributed by atoms with E-state index < -0.39 is 22.7 Å². The van der Waals surface area contributed by atoms with Gasteiger partial charge in [-0.15, -0.1) is 0 Å². The van der Waals surface area contributed by atoms with Crippen molar-refractivity contribution in [2.45, 2.75) is 25.4 Å². The number of benzene rings is 2. The van der Waals surface area contributed by atoms with E-state index in [1.807, 2.05) is 25.1 Å². The van der Waals surface area contributed by atoms with Crippen LogP contribution in [0.3, 0.4) is 0 Å². The quantitative estimate of drug-likeness (QED) is 0.414. The number of alkyl halides is 3. The number of ether oxygens (including phenoxy) is 1. The molecule has 1 atom stereocenters. The summed E-state index contributed by atoms with van der Waals surface area (Å²) in [5.41, 5.74) is 0.578. The lowest BCUT2D eigenvalue weighted by atomic mass is 9.97. The fourth-order valence-corrected chi connectivity index (χ4v) is 3.85. The first-order chi connectivity index (χ1) is 16.7. The van der Waals surface area contributed by atoms with Gasteiger partial charge >= 0.3 is 6.18 Å². The second-order valence-corrected chi connectivity index (χ2v) is 8.46. The lowest BCUT2D eigenvalue weighted by Crippen LogP contribution is -2.20. The monoisotopic (exact) mass is 502 g/mol. The number of aliphatic imine (C=N–C) groups is 1. The lowest BCUT2D eigenvalue weighted by Gasteiger charge is -2.15. The maximum Gasteiger partial charge on any atom is 0.417 e. The number of nitrogens with zero attached hydrogens (tertiary/aromatic N) is 2. The van der Waals surface area contributed by atoms with E-state index in [-0.39, 0.29) is 18.0 Å². The Balaban J connectivity index is 1.41. The summed E-state index contributed by atoms with van der Waals surface area (Å²) in [4.78, 5) is 21.2. The first-order valence-corrected chi connectivity index (χ1v) is 11.3. The van der Waals surface area contributed by atoms with E-state index in [0.717, 1.165) is 30.1 Å². The van der Waals surface area contributed by atoms with Gasteiger partial charge in [-0.25, -0.2) is 0 Å². The summed E-state index contributed by atoms with van der Waals surface area (Å²) < 4.78 is 45.2. The van der Waals surface area contributed by atoms with Gasteiger partial charge in [0, 0.05) is 30.9 Å². The second-order valence-electron chi connectivity index (χ2n) is 8.05. The molecule has 182 valence electrons. The predicted molar refractivity (Wildman–Crippen MR) is 128 cm³/mol. The molecule has 3 aromatic rings. The third-order valence-corrected chi connectivity index (χ3v) is 5.69. The Labute approximate surface area is 205 Å². The average molecular weight is 503 g/mol. The number of anilines is 1. The highest BCUT2D eigenvalue weighted by Crippen LogP contribution is 2.36. The molecule has 4 rings (SSSR count). The second kappa shape index (κ2) is 10.4. The molecule has 2 aromatic carbocycles. The smallest absolute Gasteiger partial charge is 0.417 e. The highest BCUT2D eigenvalue weighted by Gasteiger charge is 2.33. The molecule has 0 radical (unpaired) electrons. The summed E-state index contributed by atoms with van der Waals surface area (Å²) >= 11 is 5.64. The van der Waals surface area contributed by atoms with E-state index in [1.54, 1.807) is 24.4 Å². The van der Waals surface area contributed by atoms with Gasteiger partial charge in [-0.05, 0) is 47.9 Å². The SMILES string of the molecule is CC(CC(=O)Nc1ccc(Cl)c(C(F)(F)F)c1)c1cccc(Oc2ccnc(C3=NCCN3)c2)c1. The van der Waals surface area contributed by atoms with Gasteiger partial charge in [0.2, 0.25) is 5.91 Å². The van der Waals surface area contributed by atoms with Crippen LogP contribution in [0.2, 0.25) is 5.02 Å².